The van der Waals surface area contributed by atoms with E-state index in [1.54, 1.807) is 0 Å². The first-order chi connectivity index (χ1) is 16.5. The molecule has 0 bridgehead atoms. The lowest BCUT2D eigenvalue weighted by Crippen LogP contribution is -2.44. The minimum atomic E-state index is 0.0861. The van der Waals surface area contributed by atoms with E-state index in [0.717, 1.165) is 51.2 Å². The third kappa shape index (κ3) is 4.37. The van der Waals surface area contributed by atoms with E-state index in [1.165, 1.54) is 24.6 Å². The molecule has 2 atom stereocenters. The molecule has 1 aliphatic heterocycles. The number of hydrogen-bond donors (Lipinski definition) is 0. The molecule has 1 saturated heterocycles. The van der Waals surface area contributed by atoms with Crippen molar-refractivity contribution in [2.75, 3.05) is 0 Å². The summed E-state index contributed by atoms with van der Waals surface area (Å²) in [6.45, 7) is 6.51. The number of aromatic nitrogens is 1. The first kappa shape index (κ1) is 22.7. The SMILES string of the molecule is Cc1cc(/C=C2\SC(=Nc3ccccc3)N([C@@H]3CCCC[C@@H]3C)C2=O)c(C)n1-c1ccccc1. The van der Waals surface area contributed by atoms with Crippen molar-refractivity contribution < 1.29 is 4.79 Å². The van der Waals surface area contributed by atoms with Crippen LogP contribution in [0.5, 0.6) is 0 Å². The molecule has 1 amide bonds. The van der Waals surface area contributed by atoms with Gasteiger partial charge in [-0.05, 0) is 86.3 Å². The topological polar surface area (TPSA) is 37.6 Å². The molecule has 1 saturated carbocycles. The van der Waals surface area contributed by atoms with Crippen molar-refractivity contribution in [1.29, 1.82) is 0 Å². The highest BCUT2D eigenvalue weighted by molar-refractivity contribution is 8.18. The van der Waals surface area contributed by atoms with Crippen LogP contribution < -0.4 is 0 Å². The van der Waals surface area contributed by atoms with E-state index in [4.69, 9.17) is 4.99 Å². The Morgan fingerprint density at radius 3 is 2.35 bits per heavy atom. The maximum atomic E-state index is 13.8. The Morgan fingerprint density at radius 2 is 1.65 bits per heavy atom. The normalized spacial score (nSPS) is 23.3. The minimum Gasteiger partial charge on any atom is -0.318 e. The lowest BCUT2D eigenvalue weighted by molar-refractivity contribution is -0.124. The lowest BCUT2D eigenvalue weighted by Gasteiger charge is -2.35. The number of aliphatic imine (C=N–C) groups is 1. The largest absolute Gasteiger partial charge is 0.318 e. The number of aryl methyl sites for hydroxylation is 1. The molecule has 2 heterocycles. The summed E-state index contributed by atoms with van der Waals surface area (Å²) in [5.74, 6) is 0.560. The molecule has 5 rings (SSSR count). The van der Waals surface area contributed by atoms with Gasteiger partial charge in [-0.15, -0.1) is 0 Å². The van der Waals surface area contributed by atoms with Gasteiger partial charge in [0.15, 0.2) is 5.17 Å². The zero-order valence-electron chi connectivity index (χ0n) is 20.1. The van der Waals surface area contributed by atoms with E-state index in [0.29, 0.717) is 5.92 Å². The fourth-order valence-electron chi connectivity index (χ4n) is 5.20. The van der Waals surface area contributed by atoms with Crippen LogP contribution in [0.2, 0.25) is 0 Å². The van der Waals surface area contributed by atoms with Gasteiger partial charge >= 0.3 is 0 Å². The van der Waals surface area contributed by atoms with Crippen LogP contribution >= 0.6 is 11.8 Å². The molecule has 4 nitrogen and oxygen atoms in total. The Morgan fingerprint density at radius 1 is 0.971 bits per heavy atom. The molecule has 34 heavy (non-hydrogen) atoms. The Labute approximate surface area is 206 Å². The zero-order chi connectivity index (χ0) is 23.7. The van der Waals surface area contributed by atoms with E-state index < -0.39 is 0 Å². The highest BCUT2D eigenvalue weighted by Crippen LogP contribution is 2.40. The van der Waals surface area contributed by atoms with Gasteiger partial charge in [0.25, 0.3) is 5.91 Å². The summed E-state index contributed by atoms with van der Waals surface area (Å²) in [5.41, 5.74) is 5.39. The number of para-hydroxylation sites is 2. The van der Waals surface area contributed by atoms with E-state index >= 15 is 0 Å². The first-order valence-electron chi connectivity index (χ1n) is 12.1. The molecular formula is C29H31N3OS. The van der Waals surface area contributed by atoms with Crippen LogP contribution in [0.3, 0.4) is 0 Å². The molecular weight excluding hydrogens is 438 g/mol. The number of benzene rings is 2. The predicted molar refractivity (Wildman–Crippen MR) is 143 cm³/mol. The monoisotopic (exact) mass is 469 g/mol. The predicted octanol–water partition coefficient (Wildman–Crippen LogP) is 7.28. The molecule has 5 heteroatoms. The maximum Gasteiger partial charge on any atom is 0.267 e. The second kappa shape index (κ2) is 9.67. The number of rotatable bonds is 4. The van der Waals surface area contributed by atoms with Gasteiger partial charge in [-0.1, -0.05) is 56.2 Å². The number of hydrogen-bond acceptors (Lipinski definition) is 3. The van der Waals surface area contributed by atoms with Gasteiger partial charge in [-0.25, -0.2) is 4.99 Å². The van der Waals surface area contributed by atoms with Gasteiger partial charge in [0, 0.05) is 23.1 Å². The number of amides is 1. The van der Waals surface area contributed by atoms with E-state index in [1.807, 2.05) is 41.3 Å². The summed E-state index contributed by atoms with van der Waals surface area (Å²) in [4.78, 5) is 21.4. The van der Waals surface area contributed by atoms with Crippen LogP contribution in [0, 0.1) is 19.8 Å². The van der Waals surface area contributed by atoms with Gasteiger partial charge in [-0.3, -0.25) is 9.69 Å². The van der Waals surface area contributed by atoms with E-state index in [-0.39, 0.29) is 11.9 Å². The number of nitrogens with zero attached hydrogens (tertiary/aromatic N) is 3. The summed E-state index contributed by atoms with van der Waals surface area (Å²) in [6.07, 6.45) is 6.67. The third-order valence-corrected chi connectivity index (χ3v) is 7.97. The molecule has 0 unspecified atom stereocenters. The molecule has 0 N–H and O–H groups in total. The molecule has 2 aromatic carbocycles. The Balaban J connectivity index is 1.54. The molecule has 2 fully saturated rings. The summed E-state index contributed by atoms with van der Waals surface area (Å²) in [6, 6.07) is 22.7. The number of carbonyl (C=O) groups excluding carboxylic acids is 1. The van der Waals surface area contributed by atoms with Crippen molar-refractivity contribution in [3.8, 4) is 5.69 Å². The fourth-order valence-corrected chi connectivity index (χ4v) is 6.24. The molecule has 1 aliphatic carbocycles. The van der Waals surface area contributed by atoms with Crippen LogP contribution in [0.1, 0.15) is 49.6 Å². The minimum absolute atomic E-state index is 0.0861. The van der Waals surface area contributed by atoms with Crippen molar-refractivity contribution in [2.45, 2.75) is 52.5 Å². The zero-order valence-corrected chi connectivity index (χ0v) is 20.9. The van der Waals surface area contributed by atoms with Crippen molar-refractivity contribution in [3.63, 3.8) is 0 Å². The first-order valence-corrected chi connectivity index (χ1v) is 13.0. The average Bonchev–Trinajstić information content (AvgIpc) is 3.30. The summed E-state index contributed by atoms with van der Waals surface area (Å²) < 4.78 is 2.25. The van der Waals surface area contributed by atoms with E-state index in [2.05, 4.69) is 61.7 Å². The summed E-state index contributed by atoms with van der Waals surface area (Å²) >= 11 is 1.51. The lowest BCUT2D eigenvalue weighted by atomic mass is 9.85. The number of amidine groups is 1. The third-order valence-electron chi connectivity index (χ3n) is 6.99. The molecule has 2 aliphatic rings. The Kier molecular flexibility index (Phi) is 6.46. The molecule has 3 aromatic rings. The van der Waals surface area contributed by atoms with Gasteiger partial charge in [0.1, 0.15) is 0 Å². The van der Waals surface area contributed by atoms with Crippen molar-refractivity contribution in [3.05, 3.63) is 88.6 Å². The van der Waals surface area contributed by atoms with Crippen LogP contribution in [0.25, 0.3) is 11.8 Å². The van der Waals surface area contributed by atoms with Gasteiger partial charge in [0.2, 0.25) is 0 Å². The number of carbonyl (C=O) groups is 1. The smallest absolute Gasteiger partial charge is 0.267 e. The second-order valence-electron chi connectivity index (χ2n) is 9.34. The highest BCUT2D eigenvalue weighted by atomic mass is 32.2. The Bertz CT molecular complexity index is 1240. The average molecular weight is 470 g/mol. The summed E-state index contributed by atoms with van der Waals surface area (Å²) in [5, 5.41) is 0.804. The summed E-state index contributed by atoms with van der Waals surface area (Å²) in [7, 11) is 0. The van der Waals surface area contributed by atoms with Crippen LogP contribution in [-0.2, 0) is 4.79 Å². The van der Waals surface area contributed by atoms with Crippen molar-refractivity contribution >= 4 is 34.6 Å². The highest BCUT2D eigenvalue weighted by Gasteiger charge is 2.41. The standard InChI is InChI=1S/C29H31N3OS/c1-20-12-10-11-17-26(20)32-28(33)27(34-29(32)30-24-13-6-4-7-14-24)19-23-18-21(2)31(22(23)3)25-15-8-5-9-16-25/h4-9,13-16,18-20,26H,10-12,17H2,1-3H3/b27-19-,30-29?/t20-,26+/m0/s1. The number of thioether (sulfide) groups is 1. The van der Waals surface area contributed by atoms with Gasteiger partial charge in [-0.2, -0.15) is 0 Å². The van der Waals surface area contributed by atoms with Crippen LogP contribution in [0.15, 0.2) is 76.6 Å². The molecule has 1 aromatic heterocycles. The maximum absolute atomic E-state index is 13.8. The Hall–Kier alpha value is -3.05. The quantitative estimate of drug-likeness (QED) is 0.377. The molecule has 0 radical (unpaired) electrons. The van der Waals surface area contributed by atoms with Crippen LogP contribution in [-0.4, -0.2) is 26.6 Å². The van der Waals surface area contributed by atoms with E-state index in [9.17, 15) is 4.79 Å². The molecule has 0 spiro atoms. The van der Waals surface area contributed by atoms with Crippen molar-refractivity contribution in [1.82, 2.24) is 9.47 Å². The molecule has 174 valence electrons. The second-order valence-corrected chi connectivity index (χ2v) is 10.4. The van der Waals surface area contributed by atoms with Gasteiger partial charge in [0.05, 0.1) is 10.6 Å². The van der Waals surface area contributed by atoms with Crippen LogP contribution in [0.4, 0.5) is 5.69 Å². The van der Waals surface area contributed by atoms with Gasteiger partial charge < -0.3 is 4.57 Å². The van der Waals surface area contributed by atoms with Crippen molar-refractivity contribution in [2.24, 2.45) is 10.9 Å². The fraction of sp³-hybridized carbons (Fsp3) is 0.310.